The summed E-state index contributed by atoms with van der Waals surface area (Å²) >= 11 is 0. The van der Waals surface area contributed by atoms with Gasteiger partial charge in [-0.25, -0.2) is 4.79 Å². The van der Waals surface area contributed by atoms with E-state index in [1.807, 2.05) is 44.2 Å². The zero-order valence-corrected chi connectivity index (χ0v) is 16.5. The highest BCUT2D eigenvalue weighted by Crippen LogP contribution is 2.13. The molecule has 0 saturated carbocycles. The smallest absolute Gasteiger partial charge is 0.408 e. The number of nitrogens with one attached hydrogen (secondary N) is 2. The lowest BCUT2D eigenvalue weighted by atomic mass is 10.0. The van der Waals surface area contributed by atoms with Crippen LogP contribution in [0.1, 0.15) is 31.4 Å². The number of benzene rings is 2. The van der Waals surface area contributed by atoms with Crippen LogP contribution in [0.15, 0.2) is 54.6 Å². The second-order valence-electron chi connectivity index (χ2n) is 6.70. The van der Waals surface area contributed by atoms with Crippen molar-refractivity contribution in [3.8, 4) is 0 Å². The van der Waals surface area contributed by atoms with Gasteiger partial charge in [-0.1, -0.05) is 49.4 Å². The second kappa shape index (κ2) is 10.8. The highest BCUT2D eigenvalue weighted by molar-refractivity contribution is 5.86. The first-order valence-electron chi connectivity index (χ1n) is 9.40. The van der Waals surface area contributed by atoms with E-state index in [2.05, 4.69) is 10.6 Å². The molecule has 0 bridgehead atoms. The highest BCUT2D eigenvalue weighted by atomic mass is 16.6. The van der Waals surface area contributed by atoms with Crippen LogP contribution >= 0.6 is 0 Å². The minimum atomic E-state index is -0.867. The molecule has 0 fully saturated rings. The molecule has 0 aliphatic carbocycles. The molecule has 29 heavy (non-hydrogen) atoms. The third-order valence-electron chi connectivity index (χ3n) is 4.41. The molecule has 2 aromatic carbocycles. The Bertz CT molecular complexity index is 824. The normalized spacial score (nSPS) is 12.5. The van der Waals surface area contributed by atoms with Crippen molar-refractivity contribution in [2.75, 3.05) is 0 Å². The zero-order chi connectivity index (χ0) is 21.2. The molecule has 2 atom stereocenters. The average molecular weight is 399 g/mol. The predicted molar refractivity (Wildman–Crippen MR) is 108 cm³/mol. The van der Waals surface area contributed by atoms with Crippen molar-refractivity contribution < 1.29 is 19.2 Å². The maximum atomic E-state index is 12.6. The standard InChI is InChI=1S/C21H25N3O5/c1-3-15(2)22-20(25)19(13-16-9-11-18(12-10-16)24(27)28)23-21(26)29-14-17-7-5-4-6-8-17/h4-12,15,19H,3,13-14H2,1-2H3,(H,22,25)(H,23,26)/t15-,19+/m1/s1. The summed E-state index contributed by atoms with van der Waals surface area (Å²) in [7, 11) is 0. The first-order chi connectivity index (χ1) is 13.9. The average Bonchev–Trinajstić information content (AvgIpc) is 2.72. The van der Waals surface area contributed by atoms with Crippen LogP contribution in [0.25, 0.3) is 0 Å². The van der Waals surface area contributed by atoms with Gasteiger partial charge >= 0.3 is 6.09 Å². The number of rotatable bonds is 9. The van der Waals surface area contributed by atoms with Gasteiger partial charge in [0.05, 0.1) is 4.92 Å². The summed E-state index contributed by atoms with van der Waals surface area (Å²) in [6.07, 6.45) is 0.217. The summed E-state index contributed by atoms with van der Waals surface area (Å²) in [6.45, 7) is 3.90. The summed E-state index contributed by atoms with van der Waals surface area (Å²) in [5.41, 5.74) is 1.48. The fraction of sp³-hybridized carbons (Fsp3) is 0.333. The number of nitrogens with zero attached hydrogens (tertiary/aromatic N) is 1. The van der Waals surface area contributed by atoms with Gasteiger partial charge in [-0.3, -0.25) is 14.9 Å². The quantitative estimate of drug-likeness (QED) is 0.496. The number of ether oxygens (including phenoxy) is 1. The van der Waals surface area contributed by atoms with Crippen LogP contribution < -0.4 is 10.6 Å². The molecule has 0 unspecified atom stereocenters. The van der Waals surface area contributed by atoms with E-state index >= 15 is 0 Å². The predicted octanol–water partition coefficient (Wildman–Crippen LogP) is 3.35. The minimum absolute atomic E-state index is 0.0374. The molecule has 2 aromatic rings. The van der Waals surface area contributed by atoms with E-state index in [1.165, 1.54) is 12.1 Å². The van der Waals surface area contributed by atoms with Crippen LogP contribution in [0, 0.1) is 10.1 Å². The molecule has 0 aliphatic heterocycles. The number of nitro groups is 1. The highest BCUT2D eigenvalue weighted by Gasteiger charge is 2.23. The molecule has 2 amide bonds. The molecule has 8 heteroatoms. The van der Waals surface area contributed by atoms with Crippen LogP contribution in [0.3, 0.4) is 0 Å². The number of hydrogen-bond acceptors (Lipinski definition) is 5. The lowest BCUT2D eigenvalue weighted by Gasteiger charge is -2.21. The van der Waals surface area contributed by atoms with Gasteiger partial charge in [0.1, 0.15) is 12.6 Å². The van der Waals surface area contributed by atoms with E-state index in [4.69, 9.17) is 4.74 Å². The SMILES string of the molecule is CC[C@@H](C)NC(=O)[C@H](Cc1ccc([N+](=O)[O-])cc1)NC(=O)OCc1ccccc1. The molecule has 2 rings (SSSR count). The Kier molecular flexibility index (Phi) is 8.14. The van der Waals surface area contributed by atoms with E-state index < -0.39 is 17.1 Å². The van der Waals surface area contributed by atoms with Crippen molar-refractivity contribution in [2.24, 2.45) is 0 Å². The number of alkyl carbamates (subject to hydrolysis) is 1. The summed E-state index contributed by atoms with van der Waals surface area (Å²) < 4.78 is 5.21. The summed E-state index contributed by atoms with van der Waals surface area (Å²) in [5.74, 6) is -0.339. The van der Waals surface area contributed by atoms with Crippen LogP contribution in [-0.2, 0) is 22.6 Å². The van der Waals surface area contributed by atoms with E-state index in [0.717, 1.165) is 12.0 Å². The van der Waals surface area contributed by atoms with Gasteiger partial charge < -0.3 is 15.4 Å². The topological polar surface area (TPSA) is 111 Å². The number of carbonyl (C=O) groups is 2. The molecular formula is C21H25N3O5. The summed E-state index contributed by atoms with van der Waals surface area (Å²) in [6, 6.07) is 14.2. The van der Waals surface area contributed by atoms with Crippen molar-refractivity contribution in [3.63, 3.8) is 0 Å². The lowest BCUT2D eigenvalue weighted by Crippen LogP contribution is -2.50. The van der Waals surface area contributed by atoms with E-state index in [0.29, 0.717) is 5.56 Å². The first kappa shape index (κ1) is 21.9. The Balaban J connectivity index is 2.04. The van der Waals surface area contributed by atoms with Gasteiger partial charge in [0.2, 0.25) is 5.91 Å². The van der Waals surface area contributed by atoms with E-state index in [1.54, 1.807) is 12.1 Å². The Hall–Kier alpha value is -3.42. The Morgan fingerprint density at radius 1 is 1.03 bits per heavy atom. The monoisotopic (exact) mass is 399 g/mol. The number of non-ortho nitro benzene ring substituents is 1. The summed E-state index contributed by atoms with van der Waals surface area (Å²) in [5, 5.41) is 16.2. The van der Waals surface area contributed by atoms with Crippen molar-refractivity contribution in [1.29, 1.82) is 0 Å². The Morgan fingerprint density at radius 3 is 2.28 bits per heavy atom. The van der Waals surface area contributed by atoms with Gasteiger partial charge in [-0.2, -0.15) is 0 Å². The molecule has 0 aromatic heterocycles. The number of carbonyl (C=O) groups excluding carboxylic acids is 2. The third-order valence-corrected chi connectivity index (χ3v) is 4.41. The van der Waals surface area contributed by atoms with Gasteiger partial charge in [-0.15, -0.1) is 0 Å². The second-order valence-corrected chi connectivity index (χ2v) is 6.70. The molecule has 154 valence electrons. The lowest BCUT2D eigenvalue weighted by molar-refractivity contribution is -0.384. The molecule has 0 saturated heterocycles. The van der Waals surface area contributed by atoms with Crippen LogP contribution in [0.2, 0.25) is 0 Å². The fourth-order valence-electron chi connectivity index (χ4n) is 2.55. The van der Waals surface area contributed by atoms with Gasteiger partial charge in [0.15, 0.2) is 0 Å². The molecular weight excluding hydrogens is 374 g/mol. The van der Waals surface area contributed by atoms with Crippen molar-refractivity contribution in [1.82, 2.24) is 10.6 Å². The van der Waals surface area contributed by atoms with Gasteiger partial charge in [0, 0.05) is 24.6 Å². The molecule has 0 aliphatic rings. The fourth-order valence-corrected chi connectivity index (χ4v) is 2.55. The van der Waals surface area contributed by atoms with Crippen molar-refractivity contribution in [2.45, 2.75) is 45.4 Å². The Labute approximate surface area is 169 Å². The maximum Gasteiger partial charge on any atom is 0.408 e. The number of nitro benzene ring substituents is 1. The molecule has 0 radical (unpaired) electrons. The van der Waals surface area contributed by atoms with Crippen LogP contribution in [-0.4, -0.2) is 29.0 Å². The van der Waals surface area contributed by atoms with Gasteiger partial charge in [-0.05, 0) is 24.5 Å². The van der Waals surface area contributed by atoms with Crippen molar-refractivity contribution >= 4 is 17.7 Å². The van der Waals surface area contributed by atoms with Crippen LogP contribution in [0.4, 0.5) is 10.5 Å². The van der Waals surface area contributed by atoms with Crippen LogP contribution in [0.5, 0.6) is 0 Å². The first-order valence-corrected chi connectivity index (χ1v) is 9.40. The third kappa shape index (κ3) is 7.25. The maximum absolute atomic E-state index is 12.6. The molecule has 0 heterocycles. The largest absolute Gasteiger partial charge is 0.445 e. The number of hydrogen-bond donors (Lipinski definition) is 2. The van der Waals surface area contributed by atoms with E-state index in [-0.39, 0.29) is 30.7 Å². The van der Waals surface area contributed by atoms with Gasteiger partial charge in [0.25, 0.3) is 5.69 Å². The molecule has 0 spiro atoms. The Morgan fingerprint density at radius 2 is 1.69 bits per heavy atom. The van der Waals surface area contributed by atoms with Crippen molar-refractivity contribution in [3.05, 3.63) is 75.8 Å². The molecule has 8 nitrogen and oxygen atoms in total. The summed E-state index contributed by atoms with van der Waals surface area (Å²) in [4.78, 5) is 35.1. The minimum Gasteiger partial charge on any atom is -0.445 e. The molecule has 2 N–H and O–H groups in total. The van der Waals surface area contributed by atoms with E-state index in [9.17, 15) is 19.7 Å². The number of amides is 2. The zero-order valence-electron chi connectivity index (χ0n) is 16.5.